The Morgan fingerprint density at radius 2 is 1.68 bits per heavy atom. The number of aromatic nitrogens is 2. The van der Waals surface area contributed by atoms with Crippen molar-refractivity contribution in [3.8, 4) is 11.3 Å². The molecule has 3 aromatic rings. The van der Waals surface area contributed by atoms with Crippen LogP contribution in [0.3, 0.4) is 0 Å². The molecule has 3 rings (SSSR count). The van der Waals surface area contributed by atoms with Crippen molar-refractivity contribution in [1.29, 1.82) is 0 Å². The van der Waals surface area contributed by atoms with Crippen molar-refractivity contribution < 1.29 is 38.8 Å². The first kappa shape index (κ1) is 22.5. The standard InChI is InChI=1S/C11H6F2N.C6H5NO2.CH4.Ir/c12-8-4-5-9(10(13)7-8)11-3-1-2-6-14-11;8-6(9)5-3-1-2-4-7-5;;/h1-4,6-7H;1-4H,(H,8,9);1H4;/q-1;;;. The van der Waals surface area contributed by atoms with Gasteiger partial charge in [0, 0.05) is 44.1 Å². The van der Waals surface area contributed by atoms with Gasteiger partial charge in [0.15, 0.2) is 0 Å². The minimum atomic E-state index is -0.990. The molecular formula is C18H15F2IrN2O2-. The van der Waals surface area contributed by atoms with Gasteiger partial charge in [-0.2, -0.15) is 0 Å². The SMILES string of the molecule is C.Fc1c[c-]c(-c2ccccn2)c(F)c1.O=C(O)c1ccccn1.[Ir]. The van der Waals surface area contributed by atoms with Gasteiger partial charge in [0.1, 0.15) is 5.69 Å². The van der Waals surface area contributed by atoms with E-state index in [1.807, 2.05) is 0 Å². The topological polar surface area (TPSA) is 63.1 Å². The molecule has 0 unspecified atom stereocenters. The van der Waals surface area contributed by atoms with E-state index in [2.05, 4.69) is 16.0 Å². The fourth-order valence-corrected chi connectivity index (χ4v) is 1.64. The second-order valence-corrected chi connectivity index (χ2v) is 4.28. The third-order valence-corrected chi connectivity index (χ3v) is 2.66. The van der Waals surface area contributed by atoms with Gasteiger partial charge < -0.3 is 10.1 Å². The summed E-state index contributed by atoms with van der Waals surface area (Å²) in [6.07, 6.45) is 3.00. The van der Waals surface area contributed by atoms with E-state index in [0.717, 1.165) is 12.1 Å². The number of carboxylic acid groups (broad SMARTS) is 1. The Kier molecular flexibility index (Phi) is 10.0. The normalized spacial score (nSPS) is 8.88. The minimum absolute atomic E-state index is 0. The molecule has 7 heteroatoms. The van der Waals surface area contributed by atoms with E-state index in [1.165, 1.54) is 12.3 Å². The molecule has 2 heterocycles. The molecule has 0 aliphatic carbocycles. The Balaban J connectivity index is 0.000000462. The molecule has 1 aromatic carbocycles. The zero-order valence-corrected chi connectivity index (χ0v) is 14.5. The van der Waals surface area contributed by atoms with Gasteiger partial charge in [-0.1, -0.05) is 37.3 Å². The molecule has 0 fully saturated rings. The van der Waals surface area contributed by atoms with Gasteiger partial charge in [0.05, 0.1) is 0 Å². The smallest absolute Gasteiger partial charge is 0.354 e. The van der Waals surface area contributed by atoms with Gasteiger partial charge in [0.2, 0.25) is 0 Å². The van der Waals surface area contributed by atoms with Crippen LogP contribution in [-0.2, 0) is 20.1 Å². The van der Waals surface area contributed by atoms with Crippen molar-refractivity contribution in [1.82, 2.24) is 9.97 Å². The Bertz CT molecular complexity index is 788. The molecule has 0 bridgehead atoms. The third-order valence-electron chi connectivity index (χ3n) is 2.66. The number of nitrogens with zero attached hydrogens (tertiary/aromatic N) is 2. The molecule has 2 aromatic heterocycles. The van der Waals surface area contributed by atoms with E-state index in [-0.39, 0.29) is 38.8 Å². The average Bonchev–Trinajstić information content (AvgIpc) is 2.57. The van der Waals surface area contributed by atoms with Gasteiger partial charge in [-0.25, -0.2) is 9.78 Å². The monoisotopic (exact) mass is 522 g/mol. The van der Waals surface area contributed by atoms with Crippen LogP contribution in [0.15, 0.2) is 60.9 Å². The van der Waals surface area contributed by atoms with Crippen LogP contribution in [0.25, 0.3) is 11.3 Å². The number of rotatable bonds is 2. The number of benzene rings is 1. The predicted molar refractivity (Wildman–Crippen MR) is 86.4 cm³/mol. The van der Waals surface area contributed by atoms with Gasteiger partial charge in [-0.05, 0) is 23.9 Å². The van der Waals surface area contributed by atoms with Crippen LogP contribution in [-0.4, -0.2) is 21.0 Å². The fourth-order valence-electron chi connectivity index (χ4n) is 1.64. The number of hydrogen-bond donors (Lipinski definition) is 1. The summed E-state index contributed by atoms with van der Waals surface area (Å²) < 4.78 is 25.8. The molecule has 133 valence electrons. The number of halogens is 2. The van der Waals surface area contributed by atoms with E-state index in [9.17, 15) is 13.6 Å². The summed E-state index contributed by atoms with van der Waals surface area (Å²) in [5.74, 6) is -2.28. The van der Waals surface area contributed by atoms with Gasteiger partial charge in [-0.15, -0.1) is 12.1 Å². The summed E-state index contributed by atoms with van der Waals surface area (Å²) in [5.41, 5.74) is 0.717. The van der Waals surface area contributed by atoms with Crippen molar-refractivity contribution in [2.75, 3.05) is 0 Å². The summed E-state index contributed by atoms with van der Waals surface area (Å²) in [5, 5.41) is 8.32. The number of carbonyl (C=O) groups is 1. The number of aromatic carboxylic acids is 1. The molecule has 0 saturated carbocycles. The molecule has 25 heavy (non-hydrogen) atoms. The van der Waals surface area contributed by atoms with Gasteiger partial charge in [-0.3, -0.25) is 8.78 Å². The van der Waals surface area contributed by atoms with Crippen LogP contribution >= 0.6 is 0 Å². The number of pyridine rings is 2. The van der Waals surface area contributed by atoms with E-state index in [0.29, 0.717) is 5.69 Å². The van der Waals surface area contributed by atoms with Crippen LogP contribution in [0.2, 0.25) is 0 Å². The second kappa shape index (κ2) is 11.1. The summed E-state index contributed by atoms with van der Waals surface area (Å²) in [6, 6.07) is 14.3. The molecule has 1 N–H and O–H groups in total. The predicted octanol–water partition coefficient (Wildman–Crippen LogP) is 4.24. The summed E-state index contributed by atoms with van der Waals surface area (Å²) in [7, 11) is 0. The van der Waals surface area contributed by atoms with Crippen molar-refractivity contribution >= 4 is 5.97 Å². The van der Waals surface area contributed by atoms with Crippen molar-refractivity contribution in [2.24, 2.45) is 0 Å². The Hall–Kier alpha value is -2.50. The van der Waals surface area contributed by atoms with Crippen LogP contribution in [0.4, 0.5) is 8.78 Å². The fraction of sp³-hybridized carbons (Fsp3) is 0.0556. The quantitative estimate of drug-likeness (QED) is 0.513. The average molecular weight is 522 g/mol. The molecule has 0 aliphatic heterocycles. The van der Waals surface area contributed by atoms with E-state index in [4.69, 9.17) is 5.11 Å². The van der Waals surface area contributed by atoms with Crippen LogP contribution in [0.1, 0.15) is 17.9 Å². The molecule has 0 spiro atoms. The summed E-state index contributed by atoms with van der Waals surface area (Å²) in [4.78, 5) is 17.7. The van der Waals surface area contributed by atoms with E-state index < -0.39 is 17.6 Å². The Labute approximate surface area is 157 Å². The molecular weight excluding hydrogens is 506 g/mol. The van der Waals surface area contributed by atoms with Crippen LogP contribution in [0, 0.1) is 17.7 Å². The Morgan fingerprint density at radius 1 is 1.04 bits per heavy atom. The van der Waals surface area contributed by atoms with Gasteiger partial charge in [0.25, 0.3) is 0 Å². The maximum Gasteiger partial charge on any atom is 0.354 e. The number of hydrogen-bond acceptors (Lipinski definition) is 3. The molecule has 0 atom stereocenters. The first-order valence-corrected chi connectivity index (χ1v) is 6.50. The molecule has 0 amide bonds. The van der Waals surface area contributed by atoms with Crippen molar-refractivity contribution in [3.63, 3.8) is 0 Å². The summed E-state index contributed by atoms with van der Waals surface area (Å²) >= 11 is 0. The summed E-state index contributed by atoms with van der Waals surface area (Å²) in [6.45, 7) is 0. The number of carboxylic acids is 1. The molecule has 0 aliphatic rings. The first-order chi connectivity index (χ1) is 11.1. The van der Waals surface area contributed by atoms with Crippen molar-refractivity contribution in [3.05, 3.63) is 84.3 Å². The van der Waals surface area contributed by atoms with Crippen molar-refractivity contribution in [2.45, 2.75) is 7.43 Å². The van der Waals surface area contributed by atoms with E-state index in [1.54, 1.807) is 36.5 Å². The zero-order chi connectivity index (χ0) is 16.7. The van der Waals surface area contributed by atoms with E-state index >= 15 is 0 Å². The molecule has 4 nitrogen and oxygen atoms in total. The zero-order valence-electron chi connectivity index (χ0n) is 12.1. The van der Waals surface area contributed by atoms with Crippen LogP contribution in [0.5, 0.6) is 0 Å². The minimum Gasteiger partial charge on any atom is -0.477 e. The van der Waals surface area contributed by atoms with Crippen LogP contribution < -0.4 is 0 Å². The molecule has 1 radical (unpaired) electrons. The third kappa shape index (κ3) is 6.87. The second-order valence-electron chi connectivity index (χ2n) is 4.28. The Morgan fingerprint density at radius 3 is 2.12 bits per heavy atom. The molecule has 0 saturated heterocycles. The maximum absolute atomic E-state index is 13.2. The first-order valence-electron chi connectivity index (χ1n) is 6.50. The maximum atomic E-state index is 13.2. The van der Waals surface area contributed by atoms with Gasteiger partial charge >= 0.3 is 5.97 Å². The largest absolute Gasteiger partial charge is 0.477 e.